The van der Waals surface area contributed by atoms with Crippen LogP contribution in [0.2, 0.25) is 0 Å². The Bertz CT molecular complexity index is 1240. The number of aromatic nitrogens is 1. The van der Waals surface area contributed by atoms with E-state index < -0.39 is 17.8 Å². The van der Waals surface area contributed by atoms with Crippen LogP contribution < -0.4 is 10.6 Å². The molecule has 4 rings (SSSR count). The second kappa shape index (κ2) is 9.53. The Labute approximate surface area is 188 Å². The minimum absolute atomic E-state index is 0.0522. The number of barbiturate groups is 1. The van der Waals surface area contributed by atoms with Crippen molar-refractivity contribution in [2.75, 3.05) is 20.3 Å². The molecule has 3 heterocycles. The third-order valence-corrected chi connectivity index (χ3v) is 5.14. The molecule has 2 N–H and O–H groups in total. The molecule has 0 bridgehead atoms. The number of methoxy groups -OCH3 is 1. The number of carbonyl (C=O) groups is 4. The standard InChI is InChI=1S/C23H22N4O6/c1-32-10-8-24-20(28)14-26-12-15(17-6-2-3-7-19(17)26)11-18-21(29)25-23(31)27(22(18)30)13-16-5-4-9-33-16/h2-7,9,11-12H,8,10,13-14H2,1H3,(H,24,28)(H,25,29,31)/b18-11+. The zero-order valence-electron chi connectivity index (χ0n) is 17.9. The van der Waals surface area contributed by atoms with Crippen LogP contribution in [-0.2, 0) is 32.2 Å². The third kappa shape index (κ3) is 4.70. The summed E-state index contributed by atoms with van der Waals surface area (Å²) in [6, 6.07) is 9.79. The Kier molecular flexibility index (Phi) is 6.36. The van der Waals surface area contributed by atoms with Crippen LogP contribution in [0.25, 0.3) is 17.0 Å². The molecule has 1 fully saturated rings. The molecule has 2 aromatic heterocycles. The lowest BCUT2D eigenvalue weighted by atomic mass is 10.1. The van der Waals surface area contributed by atoms with Crippen LogP contribution in [0.4, 0.5) is 4.79 Å². The molecule has 1 aliphatic rings. The van der Waals surface area contributed by atoms with Crippen LogP contribution in [0.3, 0.4) is 0 Å². The fourth-order valence-corrected chi connectivity index (χ4v) is 3.58. The highest BCUT2D eigenvalue weighted by Gasteiger charge is 2.36. The van der Waals surface area contributed by atoms with Crippen LogP contribution >= 0.6 is 0 Å². The van der Waals surface area contributed by atoms with Gasteiger partial charge in [-0.1, -0.05) is 18.2 Å². The third-order valence-electron chi connectivity index (χ3n) is 5.14. The van der Waals surface area contributed by atoms with Gasteiger partial charge in [-0.2, -0.15) is 0 Å². The van der Waals surface area contributed by atoms with Gasteiger partial charge in [0.05, 0.1) is 19.4 Å². The molecule has 0 saturated carbocycles. The predicted octanol–water partition coefficient (Wildman–Crippen LogP) is 1.66. The number of hydrogen-bond acceptors (Lipinski definition) is 6. The minimum Gasteiger partial charge on any atom is -0.467 e. The molecule has 33 heavy (non-hydrogen) atoms. The molecular formula is C23H22N4O6. The lowest BCUT2D eigenvalue weighted by Gasteiger charge is -2.25. The molecule has 3 aromatic rings. The van der Waals surface area contributed by atoms with Crippen molar-refractivity contribution in [2.45, 2.75) is 13.1 Å². The van der Waals surface area contributed by atoms with Crippen molar-refractivity contribution in [1.29, 1.82) is 0 Å². The van der Waals surface area contributed by atoms with Gasteiger partial charge in [-0.25, -0.2) is 4.79 Å². The van der Waals surface area contributed by atoms with Gasteiger partial charge in [-0.15, -0.1) is 0 Å². The van der Waals surface area contributed by atoms with E-state index in [2.05, 4.69) is 10.6 Å². The summed E-state index contributed by atoms with van der Waals surface area (Å²) in [5, 5.41) is 5.71. The number of rotatable bonds is 8. The largest absolute Gasteiger partial charge is 0.467 e. The van der Waals surface area contributed by atoms with Gasteiger partial charge in [-0.3, -0.25) is 24.6 Å². The van der Waals surface area contributed by atoms with Crippen LogP contribution in [0.15, 0.2) is 58.8 Å². The first kappa shape index (κ1) is 22.0. The summed E-state index contributed by atoms with van der Waals surface area (Å²) in [5.41, 5.74) is 1.15. The number of amides is 5. The van der Waals surface area contributed by atoms with E-state index in [0.717, 1.165) is 15.8 Å². The second-order valence-electron chi connectivity index (χ2n) is 7.36. The number of ether oxygens (including phenoxy) is 1. The molecule has 5 amide bonds. The van der Waals surface area contributed by atoms with Gasteiger partial charge >= 0.3 is 6.03 Å². The fraction of sp³-hybridized carbons (Fsp3) is 0.217. The summed E-state index contributed by atoms with van der Waals surface area (Å²) >= 11 is 0. The topological polar surface area (TPSA) is 123 Å². The number of carbonyl (C=O) groups excluding carboxylic acids is 4. The summed E-state index contributed by atoms with van der Waals surface area (Å²) in [5.74, 6) is -1.30. The molecule has 10 nitrogen and oxygen atoms in total. The van der Waals surface area contributed by atoms with Crippen LogP contribution in [-0.4, -0.2) is 53.5 Å². The Morgan fingerprint density at radius 1 is 1.18 bits per heavy atom. The van der Waals surface area contributed by atoms with Crippen molar-refractivity contribution in [3.8, 4) is 0 Å². The van der Waals surface area contributed by atoms with Gasteiger partial charge < -0.3 is 19.0 Å². The zero-order valence-corrected chi connectivity index (χ0v) is 17.9. The molecule has 10 heteroatoms. The van der Waals surface area contributed by atoms with Crippen molar-refractivity contribution in [2.24, 2.45) is 0 Å². The molecular weight excluding hydrogens is 428 g/mol. The second-order valence-corrected chi connectivity index (χ2v) is 7.36. The summed E-state index contributed by atoms with van der Waals surface area (Å²) in [6.07, 6.45) is 4.56. The molecule has 0 aliphatic carbocycles. The first-order valence-electron chi connectivity index (χ1n) is 10.2. The molecule has 0 radical (unpaired) electrons. The predicted molar refractivity (Wildman–Crippen MR) is 118 cm³/mol. The summed E-state index contributed by atoms with van der Waals surface area (Å²) in [6.45, 7) is 0.738. The van der Waals surface area contributed by atoms with Crippen LogP contribution in [0, 0.1) is 0 Å². The average Bonchev–Trinajstić information content (AvgIpc) is 3.43. The minimum atomic E-state index is -0.811. The SMILES string of the molecule is COCCNC(=O)Cn1cc(/C=C2\C(=O)NC(=O)N(Cc3ccco3)C2=O)c2ccccc21. The van der Waals surface area contributed by atoms with E-state index >= 15 is 0 Å². The van der Waals surface area contributed by atoms with Crippen molar-refractivity contribution in [1.82, 2.24) is 20.1 Å². The molecule has 0 unspecified atom stereocenters. The Morgan fingerprint density at radius 2 is 2.00 bits per heavy atom. The number of fused-ring (bicyclic) bond motifs is 1. The molecule has 0 spiro atoms. The summed E-state index contributed by atoms with van der Waals surface area (Å²) < 4.78 is 11.9. The maximum absolute atomic E-state index is 13.0. The quantitative estimate of drug-likeness (QED) is 0.306. The lowest BCUT2D eigenvalue weighted by molar-refractivity contribution is -0.130. The lowest BCUT2D eigenvalue weighted by Crippen LogP contribution is -2.53. The number of furan rings is 1. The highest BCUT2D eigenvalue weighted by atomic mass is 16.5. The smallest absolute Gasteiger partial charge is 0.331 e. The van der Waals surface area contributed by atoms with E-state index in [9.17, 15) is 19.2 Å². The maximum atomic E-state index is 13.0. The molecule has 1 saturated heterocycles. The van der Waals surface area contributed by atoms with Gasteiger partial charge in [0, 0.05) is 36.3 Å². The summed E-state index contributed by atoms with van der Waals surface area (Å²) in [4.78, 5) is 50.9. The first-order chi connectivity index (χ1) is 16.0. The Hall–Kier alpha value is -4.18. The van der Waals surface area contributed by atoms with Gasteiger partial charge in [0.15, 0.2) is 0 Å². The maximum Gasteiger partial charge on any atom is 0.331 e. The Balaban J connectivity index is 1.64. The normalized spacial score (nSPS) is 15.4. The number of imide groups is 2. The van der Waals surface area contributed by atoms with E-state index in [1.165, 1.54) is 12.3 Å². The van der Waals surface area contributed by atoms with E-state index in [1.54, 1.807) is 30.0 Å². The van der Waals surface area contributed by atoms with E-state index in [1.807, 2.05) is 24.3 Å². The van der Waals surface area contributed by atoms with Gasteiger partial charge in [0.1, 0.15) is 17.9 Å². The monoisotopic (exact) mass is 450 g/mol. The fourth-order valence-electron chi connectivity index (χ4n) is 3.58. The Morgan fingerprint density at radius 3 is 2.76 bits per heavy atom. The number of hydrogen-bond donors (Lipinski definition) is 2. The van der Waals surface area contributed by atoms with E-state index in [-0.39, 0.29) is 24.6 Å². The number of nitrogens with zero attached hydrogens (tertiary/aromatic N) is 2. The van der Waals surface area contributed by atoms with Gasteiger partial charge in [-0.05, 0) is 24.3 Å². The zero-order chi connectivity index (χ0) is 23.4. The average molecular weight is 450 g/mol. The van der Waals surface area contributed by atoms with Crippen molar-refractivity contribution in [3.05, 3.63) is 65.8 Å². The molecule has 1 aromatic carbocycles. The molecule has 170 valence electrons. The molecule has 1 aliphatic heterocycles. The molecule has 0 atom stereocenters. The highest BCUT2D eigenvalue weighted by molar-refractivity contribution is 6.31. The van der Waals surface area contributed by atoms with Crippen molar-refractivity contribution >= 4 is 40.7 Å². The number of nitrogens with one attached hydrogen (secondary N) is 2. The van der Waals surface area contributed by atoms with Crippen molar-refractivity contribution < 1.29 is 28.3 Å². The highest BCUT2D eigenvalue weighted by Crippen LogP contribution is 2.25. The van der Waals surface area contributed by atoms with Gasteiger partial charge in [0.25, 0.3) is 11.8 Å². The van der Waals surface area contributed by atoms with E-state index in [4.69, 9.17) is 9.15 Å². The first-order valence-corrected chi connectivity index (χ1v) is 10.2. The van der Waals surface area contributed by atoms with Gasteiger partial charge in [0.2, 0.25) is 5.91 Å². The number of para-hydroxylation sites is 1. The van der Waals surface area contributed by atoms with E-state index in [0.29, 0.717) is 24.5 Å². The van der Waals surface area contributed by atoms with Crippen LogP contribution in [0.5, 0.6) is 0 Å². The number of urea groups is 1. The van der Waals surface area contributed by atoms with Crippen molar-refractivity contribution in [3.63, 3.8) is 0 Å². The van der Waals surface area contributed by atoms with Crippen LogP contribution in [0.1, 0.15) is 11.3 Å². The summed E-state index contributed by atoms with van der Waals surface area (Å²) in [7, 11) is 1.55. The number of benzene rings is 1.